The Morgan fingerprint density at radius 3 is 2.44 bits per heavy atom. The summed E-state index contributed by atoms with van der Waals surface area (Å²) in [4.78, 5) is 22.4. The summed E-state index contributed by atoms with van der Waals surface area (Å²) in [6, 6.07) is 6.80. The lowest BCUT2D eigenvalue weighted by Crippen LogP contribution is -2.23. The van der Waals surface area contributed by atoms with E-state index in [0.29, 0.717) is 23.6 Å². The van der Waals surface area contributed by atoms with Crippen LogP contribution in [0.15, 0.2) is 24.3 Å². The van der Waals surface area contributed by atoms with Crippen LogP contribution in [0.3, 0.4) is 0 Å². The summed E-state index contributed by atoms with van der Waals surface area (Å²) in [5.41, 5.74) is 0.665. The van der Waals surface area contributed by atoms with E-state index < -0.39 is 5.97 Å². The number of amides is 1. The highest BCUT2D eigenvalue weighted by Gasteiger charge is 2.17. The fraction of sp³-hybridized carbons (Fsp3) is 0.385. The molecule has 0 radical (unpaired) electrons. The van der Waals surface area contributed by atoms with Crippen LogP contribution in [0.5, 0.6) is 0 Å². The number of carboxylic acids is 1. The molecule has 1 aromatic rings. The maximum absolute atomic E-state index is 11.9. The number of halogens is 1. The van der Waals surface area contributed by atoms with Crippen LogP contribution < -0.4 is 5.32 Å². The summed E-state index contributed by atoms with van der Waals surface area (Å²) in [7, 11) is 0. The molecule has 18 heavy (non-hydrogen) atoms. The van der Waals surface area contributed by atoms with Gasteiger partial charge in [-0.25, -0.2) is 0 Å². The van der Waals surface area contributed by atoms with Crippen molar-refractivity contribution in [2.45, 2.75) is 26.2 Å². The number of carbonyl (C=O) groups is 2. The molecule has 4 nitrogen and oxygen atoms in total. The van der Waals surface area contributed by atoms with Crippen molar-refractivity contribution in [3.05, 3.63) is 29.3 Å². The Labute approximate surface area is 111 Å². The number of carbonyl (C=O) groups excluding carboxylic acids is 1. The number of hydrogen-bond acceptors (Lipinski definition) is 2. The molecule has 0 aliphatic carbocycles. The van der Waals surface area contributed by atoms with E-state index >= 15 is 0 Å². The van der Waals surface area contributed by atoms with Crippen molar-refractivity contribution >= 4 is 29.2 Å². The Morgan fingerprint density at radius 1 is 1.33 bits per heavy atom. The summed E-state index contributed by atoms with van der Waals surface area (Å²) in [6.07, 6.45) is 0.977. The van der Waals surface area contributed by atoms with Gasteiger partial charge in [0.15, 0.2) is 0 Å². The SMILES string of the molecule is CCC(CCC(=O)O)C(=O)Nc1ccc(Cl)cc1. The van der Waals surface area contributed by atoms with Crippen molar-refractivity contribution in [1.29, 1.82) is 0 Å². The molecular formula is C13H16ClNO3. The van der Waals surface area contributed by atoms with Gasteiger partial charge in [-0.1, -0.05) is 18.5 Å². The van der Waals surface area contributed by atoms with Gasteiger partial charge >= 0.3 is 5.97 Å². The molecule has 0 spiro atoms. The first kappa shape index (κ1) is 14.5. The Hall–Kier alpha value is -1.55. The second-order valence-corrected chi connectivity index (χ2v) is 4.47. The Kier molecular flexibility index (Phi) is 5.65. The summed E-state index contributed by atoms with van der Waals surface area (Å²) in [5, 5.41) is 12.0. The van der Waals surface area contributed by atoms with Crippen LogP contribution in [0.1, 0.15) is 26.2 Å². The number of nitrogens with one attached hydrogen (secondary N) is 1. The maximum atomic E-state index is 11.9. The third-order valence-corrected chi connectivity index (χ3v) is 2.93. The molecule has 98 valence electrons. The lowest BCUT2D eigenvalue weighted by atomic mass is 9.99. The number of hydrogen-bond donors (Lipinski definition) is 2. The minimum atomic E-state index is -0.882. The molecule has 1 atom stereocenters. The van der Waals surface area contributed by atoms with Crippen LogP contribution in [0.4, 0.5) is 5.69 Å². The second-order valence-electron chi connectivity index (χ2n) is 4.03. The molecule has 0 saturated heterocycles. The van der Waals surface area contributed by atoms with Crippen LogP contribution in [0.2, 0.25) is 5.02 Å². The number of rotatable bonds is 6. The summed E-state index contributed by atoms with van der Waals surface area (Å²) >= 11 is 5.74. The Bertz CT molecular complexity index is 417. The first-order chi connectivity index (χ1) is 8.52. The first-order valence-corrected chi connectivity index (χ1v) is 6.19. The van der Waals surface area contributed by atoms with Gasteiger partial charge in [0.05, 0.1) is 0 Å². The van der Waals surface area contributed by atoms with Gasteiger partial charge in [0.2, 0.25) is 5.91 Å². The van der Waals surface area contributed by atoms with Crippen molar-refractivity contribution in [1.82, 2.24) is 0 Å². The lowest BCUT2D eigenvalue weighted by molar-refractivity contribution is -0.137. The van der Waals surface area contributed by atoms with Gasteiger partial charge in [0.25, 0.3) is 0 Å². The van der Waals surface area contributed by atoms with Gasteiger partial charge in [-0.15, -0.1) is 0 Å². The predicted molar refractivity (Wildman–Crippen MR) is 70.7 cm³/mol. The van der Waals surface area contributed by atoms with Crippen molar-refractivity contribution in [2.75, 3.05) is 5.32 Å². The predicted octanol–water partition coefficient (Wildman–Crippen LogP) is 3.17. The van der Waals surface area contributed by atoms with Gasteiger partial charge in [-0.3, -0.25) is 9.59 Å². The standard InChI is InChI=1S/C13H16ClNO3/c1-2-9(3-8-12(16)17)13(18)15-11-6-4-10(14)5-7-11/h4-7,9H,2-3,8H2,1H3,(H,15,18)(H,16,17). The fourth-order valence-electron chi connectivity index (χ4n) is 1.60. The van der Waals surface area contributed by atoms with Crippen molar-refractivity contribution < 1.29 is 14.7 Å². The van der Waals surface area contributed by atoms with Crippen LogP contribution >= 0.6 is 11.6 Å². The van der Waals surface area contributed by atoms with Crippen molar-refractivity contribution in [3.8, 4) is 0 Å². The van der Waals surface area contributed by atoms with Crippen LogP contribution in [-0.4, -0.2) is 17.0 Å². The monoisotopic (exact) mass is 269 g/mol. The van der Waals surface area contributed by atoms with Crippen LogP contribution in [0.25, 0.3) is 0 Å². The smallest absolute Gasteiger partial charge is 0.303 e. The molecule has 0 aliphatic heterocycles. The summed E-state index contributed by atoms with van der Waals surface area (Å²) in [5.74, 6) is -1.31. The van der Waals surface area contributed by atoms with Crippen molar-refractivity contribution in [3.63, 3.8) is 0 Å². The third-order valence-electron chi connectivity index (χ3n) is 2.68. The quantitative estimate of drug-likeness (QED) is 0.834. The van der Waals surface area contributed by atoms with Crippen LogP contribution in [0, 0.1) is 5.92 Å². The third kappa shape index (κ3) is 4.75. The zero-order chi connectivity index (χ0) is 13.5. The molecular weight excluding hydrogens is 254 g/mol. The normalized spacial score (nSPS) is 11.9. The number of benzene rings is 1. The minimum Gasteiger partial charge on any atom is -0.481 e. The molecule has 1 aromatic carbocycles. The van der Waals surface area contributed by atoms with Gasteiger partial charge in [-0.2, -0.15) is 0 Å². The molecule has 0 fully saturated rings. The molecule has 0 heterocycles. The average Bonchev–Trinajstić information content (AvgIpc) is 2.32. The molecule has 0 aromatic heterocycles. The first-order valence-electron chi connectivity index (χ1n) is 5.81. The highest BCUT2D eigenvalue weighted by Crippen LogP contribution is 2.17. The molecule has 0 aliphatic rings. The minimum absolute atomic E-state index is 0.00649. The summed E-state index contributed by atoms with van der Waals surface area (Å²) in [6.45, 7) is 1.87. The summed E-state index contributed by atoms with van der Waals surface area (Å²) < 4.78 is 0. The molecule has 1 unspecified atom stereocenters. The van der Waals surface area contributed by atoms with E-state index in [1.165, 1.54) is 0 Å². The van der Waals surface area contributed by atoms with Crippen molar-refractivity contribution in [2.24, 2.45) is 5.92 Å². The topological polar surface area (TPSA) is 66.4 Å². The second kappa shape index (κ2) is 7.01. The van der Waals surface area contributed by atoms with Gasteiger partial charge < -0.3 is 10.4 Å². The highest BCUT2D eigenvalue weighted by molar-refractivity contribution is 6.30. The van der Waals surface area contributed by atoms with E-state index in [-0.39, 0.29) is 18.2 Å². The molecule has 0 bridgehead atoms. The number of anilines is 1. The fourth-order valence-corrected chi connectivity index (χ4v) is 1.72. The average molecular weight is 270 g/mol. The largest absolute Gasteiger partial charge is 0.481 e. The molecule has 1 amide bonds. The Balaban J connectivity index is 2.56. The van der Waals surface area contributed by atoms with E-state index in [0.717, 1.165) is 0 Å². The van der Waals surface area contributed by atoms with E-state index in [4.69, 9.17) is 16.7 Å². The lowest BCUT2D eigenvalue weighted by Gasteiger charge is -2.13. The van der Waals surface area contributed by atoms with E-state index in [9.17, 15) is 9.59 Å². The number of aliphatic carboxylic acids is 1. The van der Waals surface area contributed by atoms with E-state index in [2.05, 4.69) is 5.32 Å². The van der Waals surface area contributed by atoms with E-state index in [1.54, 1.807) is 24.3 Å². The van der Waals surface area contributed by atoms with Gasteiger partial charge in [0, 0.05) is 23.0 Å². The van der Waals surface area contributed by atoms with Gasteiger partial charge in [-0.05, 0) is 37.1 Å². The maximum Gasteiger partial charge on any atom is 0.303 e. The van der Waals surface area contributed by atoms with Gasteiger partial charge in [0.1, 0.15) is 0 Å². The zero-order valence-electron chi connectivity index (χ0n) is 10.1. The Morgan fingerprint density at radius 2 is 1.94 bits per heavy atom. The highest BCUT2D eigenvalue weighted by atomic mass is 35.5. The molecule has 2 N–H and O–H groups in total. The molecule has 5 heteroatoms. The molecule has 0 saturated carbocycles. The number of carboxylic acid groups (broad SMARTS) is 1. The van der Waals surface area contributed by atoms with Crippen LogP contribution in [-0.2, 0) is 9.59 Å². The van der Waals surface area contributed by atoms with E-state index in [1.807, 2.05) is 6.92 Å². The molecule has 1 rings (SSSR count). The zero-order valence-corrected chi connectivity index (χ0v) is 10.9.